The van der Waals surface area contributed by atoms with Crippen molar-refractivity contribution in [1.29, 1.82) is 0 Å². The second-order valence-electron chi connectivity index (χ2n) is 4.34. The smallest absolute Gasteiger partial charge is 0.408 e. The van der Waals surface area contributed by atoms with Crippen LogP contribution in [0, 0.1) is 17.7 Å². The molecule has 0 saturated carbocycles. The summed E-state index contributed by atoms with van der Waals surface area (Å²) in [6.07, 6.45) is -0.574. The molecule has 112 valence electrons. The highest BCUT2D eigenvalue weighted by molar-refractivity contribution is 6.30. The Kier molecular flexibility index (Phi) is 5.81. The predicted molar refractivity (Wildman–Crippen MR) is 82.9 cm³/mol. The first-order valence-corrected chi connectivity index (χ1v) is 6.91. The molecule has 0 heterocycles. The number of carbonyl (C=O) groups is 1. The lowest BCUT2D eigenvalue weighted by Crippen LogP contribution is -2.24. The Bertz CT molecular complexity index is 708. The van der Waals surface area contributed by atoms with Crippen LogP contribution < -0.4 is 5.32 Å². The Labute approximate surface area is 133 Å². The summed E-state index contributed by atoms with van der Waals surface area (Å²) >= 11 is 5.64. The Balaban J connectivity index is 1.76. The van der Waals surface area contributed by atoms with Crippen LogP contribution in [0.4, 0.5) is 9.18 Å². The van der Waals surface area contributed by atoms with Gasteiger partial charge < -0.3 is 10.1 Å². The van der Waals surface area contributed by atoms with E-state index in [1.165, 1.54) is 12.1 Å². The minimum Gasteiger partial charge on any atom is -0.445 e. The maximum atomic E-state index is 13.4. The third-order valence-electron chi connectivity index (χ3n) is 2.69. The molecule has 2 aromatic carbocycles. The van der Waals surface area contributed by atoms with Crippen molar-refractivity contribution in [3.63, 3.8) is 0 Å². The van der Waals surface area contributed by atoms with Crippen molar-refractivity contribution < 1.29 is 13.9 Å². The number of hydrogen-bond donors (Lipinski definition) is 1. The molecule has 0 aliphatic carbocycles. The molecule has 0 aliphatic rings. The summed E-state index contributed by atoms with van der Waals surface area (Å²) in [6, 6.07) is 13.6. The van der Waals surface area contributed by atoms with Crippen LogP contribution in [-0.2, 0) is 11.3 Å². The lowest BCUT2D eigenvalue weighted by molar-refractivity contribution is 0.141. The molecule has 2 rings (SSSR count). The van der Waals surface area contributed by atoms with Crippen molar-refractivity contribution in [2.45, 2.75) is 6.61 Å². The first-order chi connectivity index (χ1) is 10.6. The fraction of sp³-hybridized carbons (Fsp3) is 0.118. The molecule has 3 nitrogen and oxygen atoms in total. The molecule has 5 heteroatoms. The zero-order valence-electron chi connectivity index (χ0n) is 11.6. The Morgan fingerprint density at radius 1 is 1.23 bits per heavy atom. The quantitative estimate of drug-likeness (QED) is 0.875. The molecule has 0 radical (unpaired) electrons. The molecule has 0 saturated heterocycles. The SMILES string of the molecule is O=C(NCC#Cc1ccc(Cl)cc1F)OCc1ccccc1. The zero-order valence-corrected chi connectivity index (χ0v) is 12.4. The molecule has 1 amide bonds. The van der Waals surface area contributed by atoms with Gasteiger partial charge in [-0.05, 0) is 23.8 Å². The third-order valence-corrected chi connectivity index (χ3v) is 2.92. The highest BCUT2D eigenvalue weighted by atomic mass is 35.5. The summed E-state index contributed by atoms with van der Waals surface area (Å²) in [5, 5.41) is 2.78. The van der Waals surface area contributed by atoms with Crippen LogP contribution in [0.5, 0.6) is 0 Å². The lowest BCUT2D eigenvalue weighted by Gasteiger charge is -2.04. The van der Waals surface area contributed by atoms with E-state index < -0.39 is 11.9 Å². The summed E-state index contributed by atoms with van der Waals surface area (Å²) in [7, 11) is 0. The van der Waals surface area contributed by atoms with Crippen molar-refractivity contribution in [2.24, 2.45) is 0 Å². The van der Waals surface area contributed by atoms with E-state index in [9.17, 15) is 9.18 Å². The standard InChI is InChI=1S/C17H13ClFNO2/c18-15-9-8-14(16(19)11-15)7-4-10-20-17(21)22-12-13-5-2-1-3-6-13/h1-3,5-6,8-9,11H,10,12H2,(H,20,21). The molecular weight excluding hydrogens is 305 g/mol. The van der Waals surface area contributed by atoms with Crippen molar-refractivity contribution in [1.82, 2.24) is 5.32 Å². The van der Waals surface area contributed by atoms with Crippen LogP contribution in [0.25, 0.3) is 0 Å². The topological polar surface area (TPSA) is 38.3 Å². The van der Waals surface area contributed by atoms with E-state index in [0.29, 0.717) is 5.02 Å². The van der Waals surface area contributed by atoms with Gasteiger partial charge in [0.25, 0.3) is 0 Å². The molecule has 0 spiro atoms. The van der Waals surface area contributed by atoms with Crippen LogP contribution >= 0.6 is 11.6 Å². The Morgan fingerprint density at radius 2 is 2.00 bits per heavy atom. The minimum atomic E-state index is -0.574. The van der Waals surface area contributed by atoms with Gasteiger partial charge in [0.05, 0.1) is 12.1 Å². The van der Waals surface area contributed by atoms with Gasteiger partial charge in [0, 0.05) is 5.02 Å². The number of amides is 1. The first kappa shape index (κ1) is 15.9. The molecule has 2 aromatic rings. The summed E-state index contributed by atoms with van der Waals surface area (Å²) in [5.41, 5.74) is 1.12. The third kappa shape index (κ3) is 5.12. The average molecular weight is 318 g/mol. The fourth-order valence-corrected chi connectivity index (χ4v) is 1.78. The predicted octanol–water partition coefficient (Wildman–Crippen LogP) is 3.76. The van der Waals surface area contributed by atoms with Crippen LogP contribution in [0.3, 0.4) is 0 Å². The highest BCUT2D eigenvalue weighted by Gasteiger charge is 2.01. The van der Waals surface area contributed by atoms with E-state index in [1.807, 2.05) is 30.3 Å². The molecular formula is C17H13ClFNO2. The van der Waals surface area contributed by atoms with Gasteiger partial charge in [0.15, 0.2) is 0 Å². The zero-order chi connectivity index (χ0) is 15.8. The Morgan fingerprint density at radius 3 is 2.73 bits per heavy atom. The number of rotatable bonds is 3. The molecule has 0 unspecified atom stereocenters. The van der Waals surface area contributed by atoms with Gasteiger partial charge in [0.1, 0.15) is 12.4 Å². The molecule has 0 aliphatic heterocycles. The van der Waals surface area contributed by atoms with Gasteiger partial charge in [-0.1, -0.05) is 53.8 Å². The van der Waals surface area contributed by atoms with Gasteiger partial charge in [-0.25, -0.2) is 9.18 Å². The average Bonchev–Trinajstić information content (AvgIpc) is 2.52. The van der Waals surface area contributed by atoms with Gasteiger partial charge in [-0.3, -0.25) is 0 Å². The molecule has 0 fully saturated rings. The maximum Gasteiger partial charge on any atom is 0.408 e. The summed E-state index contributed by atoms with van der Waals surface area (Å²) < 4.78 is 18.5. The number of benzene rings is 2. The highest BCUT2D eigenvalue weighted by Crippen LogP contribution is 2.13. The van der Waals surface area contributed by atoms with Crippen LogP contribution in [-0.4, -0.2) is 12.6 Å². The van der Waals surface area contributed by atoms with Crippen molar-refractivity contribution in [3.8, 4) is 11.8 Å². The minimum absolute atomic E-state index is 0.0652. The Hall–Kier alpha value is -2.51. The summed E-state index contributed by atoms with van der Waals surface area (Å²) in [4.78, 5) is 11.4. The maximum absolute atomic E-state index is 13.4. The van der Waals surface area contributed by atoms with E-state index in [2.05, 4.69) is 17.2 Å². The number of carbonyl (C=O) groups excluding carboxylic acids is 1. The van der Waals surface area contributed by atoms with Crippen LogP contribution in [0.15, 0.2) is 48.5 Å². The van der Waals surface area contributed by atoms with Crippen LogP contribution in [0.2, 0.25) is 5.02 Å². The van der Waals surface area contributed by atoms with Gasteiger partial charge in [0.2, 0.25) is 0 Å². The number of alkyl carbamates (subject to hydrolysis) is 1. The molecule has 1 N–H and O–H groups in total. The normalized spacial score (nSPS) is 9.55. The van der Waals surface area contributed by atoms with Crippen LogP contribution in [0.1, 0.15) is 11.1 Å². The van der Waals surface area contributed by atoms with E-state index in [-0.39, 0.29) is 18.7 Å². The summed E-state index contributed by atoms with van der Waals surface area (Å²) in [6.45, 7) is 0.252. The lowest BCUT2D eigenvalue weighted by atomic mass is 10.2. The summed E-state index contributed by atoms with van der Waals surface area (Å²) in [5.74, 6) is 4.77. The molecule has 0 bridgehead atoms. The van der Waals surface area contributed by atoms with Crippen molar-refractivity contribution >= 4 is 17.7 Å². The second kappa shape index (κ2) is 8.06. The van der Waals surface area contributed by atoms with Gasteiger partial charge >= 0.3 is 6.09 Å². The number of hydrogen-bond acceptors (Lipinski definition) is 2. The fourth-order valence-electron chi connectivity index (χ4n) is 1.62. The van der Waals surface area contributed by atoms with E-state index >= 15 is 0 Å². The van der Waals surface area contributed by atoms with E-state index in [1.54, 1.807) is 6.07 Å². The molecule has 22 heavy (non-hydrogen) atoms. The monoisotopic (exact) mass is 317 g/mol. The van der Waals surface area contributed by atoms with Gasteiger partial charge in [-0.2, -0.15) is 0 Å². The van der Waals surface area contributed by atoms with E-state index in [0.717, 1.165) is 5.56 Å². The molecule has 0 atom stereocenters. The van der Waals surface area contributed by atoms with Crippen molar-refractivity contribution in [2.75, 3.05) is 6.54 Å². The first-order valence-electron chi connectivity index (χ1n) is 6.53. The number of ether oxygens (including phenoxy) is 1. The molecule has 0 aromatic heterocycles. The number of halogens is 2. The van der Waals surface area contributed by atoms with Crippen molar-refractivity contribution in [3.05, 3.63) is 70.5 Å². The second-order valence-corrected chi connectivity index (χ2v) is 4.78. The number of nitrogens with one attached hydrogen (secondary N) is 1. The van der Waals surface area contributed by atoms with Gasteiger partial charge in [-0.15, -0.1) is 0 Å². The largest absolute Gasteiger partial charge is 0.445 e. The van der Waals surface area contributed by atoms with E-state index in [4.69, 9.17) is 16.3 Å².